The summed E-state index contributed by atoms with van der Waals surface area (Å²) in [7, 11) is 0. The average Bonchev–Trinajstić information content (AvgIpc) is 2.54. The molecule has 0 aromatic carbocycles. The van der Waals surface area contributed by atoms with E-state index in [1.54, 1.807) is 0 Å². The highest BCUT2D eigenvalue weighted by atomic mass is 35.5. The zero-order valence-corrected chi connectivity index (χ0v) is 9.52. The number of hydrogen-bond donors (Lipinski definition) is 0. The molecule has 0 bridgehead atoms. The highest BCUT2D eigenvalue weighted by Crippen LogP contribution is 2.20. The Balaban J connectivity index is 2.03. The molecular formula is C11H22ClN. The summed E-state index contributed by atoms with van der Waals surface area (Å²) in [5.41, 5.74) is 0. The van der Waals surface area contributed by atoms with Gasteiger partial charge in [-0.05, 0) is 38.3 Å². The van der Waals surface area contributed by atoms with Gasteiger partial charge in [0.2, 0.25) is 0 Å². The molecule has 1 nitrogen and oxygen atoms in total. The standard InChI is InChI=1S/C11H22ClN/c1-2-3-4-8-13-9-6-11(10-13)5-7-12/h11H,2-10H2,1H3. The second kappa shape index (κ2) is 6.67. The lowest BCUT2D eigenvalue weighted by Crippen LogP contribution is -2.21. The van der Waals surface area contributed by atoms with Crippen molar-refractivity contribution in [2.75, 3.05) is 25.5 Å². The van der Waals surface area contributed by atoms with Crippen LogP contribution in [0.1, 0.15) is 39.0 Å². The zero-order valence-electron chi connectivity index (χ0n) is 8.77. The molecule has 1 unspecified atom stereocenters. The summed E-state index contributed by atoms with van der Waals surface area (Å²) < 4.78 is 0. The van der Waals surface area contributed by atoms with Crippen molar-refractivity contribution in [1.82, 2.24) is 4.90 Å². The lowest BCUT2D eigenvalue weighted by Gasteiger charge is -2.15. The molecule has 1 saturated heterocycles. The first kappa shape index (κ1) is 11.3. The van der Waals surface area contributed by atoms with E-state index >= 15 is 0 Å². The van der Waals surface area contributed by atoms with Gasteiger partial charge in [-0.3, -0.25) is 0 Å². The maximum atomic E-state index is 5.74. The van der Waals surface area contributed by atoms with Gasteiger partial charge in [-0.2, -0.15) is 0 Å². The number of unbranched alkanes of at least 4 members (excludes halogenated alkanes) is 2. The Morgan fingerprint density at radius 2 is 2.23 bits per heavy atom. The minimum Gasteiger partial charge on any atom is -0.303 e. The molecule has 0 aliphatic carbocycles. The van der Waals surface area contributed by atoms with Crippen molar-refractivity contribution >= 4 is 11.6 Å². The first-order valence-electron chi connectivity index (χ1n) is 5.65. The maximum Gasteiger partial charge on any atom is 0.0226 e. The molecule has 13 heavy (non-hydrogen) atoms. The van der Waals surface area contributed by atoms with Gasteiger partial charge in [-0.1, -0.05) is 19.8 Å². The van der Waals surface area contributed by atoms with E-state index in [4.69, 9.17) is 11.6 Å². The third-order valence-electron chi connectivity index (χ3n) is 2.97. The summed E-state index contributed by atoms with van der Waals surface area (Å²) in [6.07, 6.45) is 6.68. The van der Waals surface area contributed by atoms with Crippen LogP contribution in [0.5, 0.6) is 0 Å². The highest BCUT2D eigenvalue weighted by Gasteiger charge is 2.20. The molecule has 78 valence electrons. The van der Waals surface area contributed by atoms with E-state index in [-0.39, 0.29) is 0 Å². The molecule has 2 heteroatoms. The van der Waals surface area contributed by atoms with Crippen LogP contribution in [0.15, 0.2) is 0 Å². The normalized spacial score (nSPS) is 24.0. The van der Waals surface area contributed by atoms with Gasteiger partial charge >= 0.3 is 0 Å². The molecule has 0 spiro atoms. The summed E-state index contributed by atoms with van der Waals surface area (Å²) in [5, 5.41) is 0. The van der Waals surface area contributed by atoms with Gasteiger partial charge in [0, 0.05) is 12.4 Å². The summed E-state index contributed by atoms with van der Waals surface area (Å²) in [5.74, 6) is 1.73. The molecule has 1 atom stereocenters. The smallest absolute Gasteiger partial charge is 0.0226 e. The summed E-state index contributed by atoms with van der Waals surface area (Å²) in [4.78, 5) is 2.60. The summed E-state index contributed by atoms with van der Waals surface area (Å²) in [6.45, 7) is 6.19. The largest absolute Gasteiger partial charge is 0.303 e. The van der Waals surface area contributed by atoms with Crippen LogP contribution in [-0.2, 0) is 0 Å². The fourth-order valence-corrected chi connectivity index (χ4v) is 2.40. The van der Waals surface area contributed by atoms with Crippen LogP contribution in [0.25, 0.3) is 0 Å². The Morgan fingerprint density at radius 3 is 2.92 bits per heavy atom. The molecule has 1 fully saturated rings. The van der Waals surface area contributed by atoms with Crippen LogP contribution in [0, 0.1) is 5.92 Å². The first-order chi connectivity index (χ1) is 6.36. The minimum atomic E-state index is 0.841. The zero-order chi connectivity index (χ0) is 9.52. The van der Waals surface area contributed by atoms with Crippen LogP contribution < -0.4 is 0 Å². The Bertz CT molecular complexity index is 127. The van der Waals surface area contributed by atoms with E-state index in [2.05, 4.69) is 11.8 Å². The van der Waals surface area contributed by atoms with Crippen molar-refractivity contribution in [1.29, 1.82) is 0 Å². The van der Waals surface area contributed by atoms with Crippen LogP contribution in [0.3, 0.4) is 0 Å². The molecule has 1 aliphatic heterocycles. The maximum absolute atomic E-state index is 5.74. The van der Waals surface area contributed by atoms with Gasteiger partial charge < -0.3 is 4.90 Å². The van der Waals surface area contributed by atoms with Crippen LogP contribution >= 0.6 is 11.6 Å². The van der Waals surface area contributed by atoms with Crippen molar-refractivity contribution in [2.45, 2.75) is 39.0 Å². The quantitative estimate of drug-likeness (QED) is 0.474. The molecule has 0 amide bonds. The van der Waals surface area contributed by atoms with E-state index < -0.39 is 0 Å². The molecule has 1 heterocycles. The van der Waals surface area contributed by atoms with E-state index in [9.17, 15) is 0 Å². The number of rotatable bonds is 6. The molecule has 0 aromatic rings. The van der Waals surface area contributed by atoms with E-state index in [0.717, 1.165) is 11.8 Å². The van der Waals surface area contributed by atoms with Gasteiger partial charge in [0.05, 0.1) is 0 Å². The molecule has 0 N–H and O–H groups in total. The predicted octanol–water partition coefficient (Wildman–Crippen LogP) is 3.13. The number of halogens is 1. The fraction of sp³-hybridized carbons (Fsp3) is 1.00. The van der Waals surface area contributed by atoms with Crippen LogP contribution in [0.4, 0.5) is 0 Å². The third-order valence-corrected chi connectivity index (χ3v) is 3.18. The van der Waals surface area contributed by atoms with Crippen LogP contribution in [0.2, 0.25) is 0 Å². The van der Waals surface area contributed by atoms with Gasteiger partial charge in [0.15, 0.2) is 0 Å². The Kier molecular flexibility index (Phi) is 5.81. The van der Waals surface area contributed by atoms with Crippen molar-refractivity contribution in [3.63, 3.8) is 0 Å². The average molecular weight is 204 g/mol. The SMILES string of the molecule is CCCCCN1CCC(CCCl)C1. The lowest BCUT2D eigenvalue weighted by molar-refractivity contribution is 0.315. The van der Waals surface area contributed by atoms with Gasteiger partial charge in [0.25, 0.3) is 0 Å². The Hall–Kier alpha value is 0.250. The molecule has 1 rings (SSSR count). The topological polar surface area (TPSA) is 3.24 Å². The van der Waals surface area contributed by atoms with Crippen molar-refractivity contribution < 1.29 is 0 Å². The Morgan fingerprint density at radius 1 is 1.38 bits per heavy atom. The van der Waals surface area contributed by atoms with Crippen molar-refractivity contribution in [3.8, 4) is 0 Å². The summed E-state index contributed by atoms with van der Waals surface area (Å²) in [6, 6.07) is 0. The summed E-state index contributed by atoms with van der Waals surface area (Å²) >= 11 is 5.74. The monoisotopic (exact) mass is 203 g/mol. The Labute approximate surface area is 87.4 Å². The second-order valence-corrected chi connectivity index (χ2v) is 4.52. The van der Waals surface area contributed by atoms with E-state index in [1.807, 2.05) is 0 Å². The van der Waals surface area contributed by atoms with E-state index in [1.165, 1.54) is 51.7 Å². The predicted molar refractivity (Wildman–Crippen MR) is 59.4 cm³/mol. The van der Waals surface area contributed by atoms with Gasteiger partial charge in [0.1, 0.15) is 0 Å². The number of alkyl halides is 1. The molecule has 0 saturated carbocycles. The number of hydrogen-bond acceptors (Lipinski definition) is 1. The first-order valence-corrected chi connectivity index (χ1v) is 6.18. The van der Waals surface area contributed by atoms with Gasteiger partial charge in [-0.15, -0.1) is 11.6 Å². The second-order valence-electron chi connectivity index (χ2n) is 4.14. The highest BCUT2D eigenvalue weighted by molar-refractivity contribution is 6.17. The van der Waals surface area contributed by atoms with Crippen molar-refractivity contribution in [3.05, 3.63) is 0 Å². The third kappa shape index (κ3) is 4.33. The minimum absolute atomic E-state index is 0.841. The molecule has 0 aromatic heterocycles. The number of likely N-dealkylation sites (tertiary alicyclic amines) is 1. The molecular weight excluding hydrogens is 182 g/mol. The van der Waals surface area contributed by atoms with Crippen molar-refractivity contribution in [2.24, 2.45) is 5.92 Å². The molecule has 1 aliphatic rings. The lowest BCUT2D eigenvalue weighted by atomic mass is 10.1. The van der Waals surface area contributed by atoms with Crippen LogP contribution in [-0.4, -0.2) is 30.4 Å². The fourth-order valence-electron chi connectivity index (χ4n) is 2.09. The molecule has 0 radical (unpaired) electrons. The van der Waals surface area contributed by atoms with Gasteiger partial charge in [-0.25, -0.2) is 0 Å². The number of nitrogens with zero attached hydrogens (tertiary/aromatic N) is 1. The van der Waals surface area contributed by atoms with E-state index in [0.29, 0.717) is 0 Å².